The van der Waals surface area contributed by atoms with Gasteiger partial charge in [0.25, 0.3) is 0 Å². The van der Waals surface area contributed by atoms with Crippen LogP contribution in [0.5, 0.6) is 0 Å². The molecule has 0 saturated heterocycles. The molecule has 0 aromatic rings. The van der Waals surface area contributed by atoms with Crippen LogP contribution in [0.25, 0.3) is 0 Å². The molecule has 0 aliphatic heterocycles. The van der Waals surface area contributed by atoms with Crippen LogP contribution < -0.4 is 5.73 Å². The van der Waals surface area contributed by atoms with E-state index in [4.69, 9.17) is 5.73 Å². The highest BCUT2D eigenvalue weighted by molar-refractivity contribution is 6.08. The highest BCUT2D eigenvalue weighted by Crippen LogP contribution is 2.37. The molecule has 0 amide bonds. The van der Waals surface area contributed by atoms with Gasteiger partial charge in [0.2, 0.25) is 0 Å². The van der Waals surface area contributed by atoms with Crippen molar-refractivity contribution in [1.29, 1.82) is 0 Å². The van der Waals surface area contributed by atoms with Gasteiger partial charge in [-0.05, 0) is 13.3 Å². The van der Waals surface area contributed by atoms with E-state index in [-0.39, 0.29) is 23.5 Å². The first-order valence-electron chi connectivity index (χ1n) is 5.11. The van der Waals surface area contributed by atoms with Crippen molar-refractivity contribution in [2.45, 2.75) is 40.2 Å². The monoisotopic (exact) mass is 197 g/mol. The summed E-state index contributed by atoms with van der Waals surface area (Å²) in [4.78, 5) is 23.7. The van der Waals surface area contributed by atoms with Crippen molar-refractivity contribution in [2.24, 2.45) is 23.0 Å². The van der Waals surface area contributed by atoms with Crippen LogP contribution >= 0.6 is 0 Å². The second kappa shape index (κ2) is 3.46. The predicted octanol–water partition coefficient (Wildman–Crippen LogP) is 1.15. The van der Waals surface area contributed by atoms with E-state index in [1.807, 2.05) is 20.8 Å². The Balaban J connectivity index is 3.02. The van der Waals surface area contributed by atoms with Gasteiger partial charge in [-0.25, -0.2) is 0 Å². The van der Waals surface area contributed by atoms with Crippen LogP contribution in [-0.4, -0.2) is 17.6 Å². The molecule has 3 unspecified atom stereocenters. The minimum absolute atomic E-state index is 0.00981. The second-order valence-electron chi connectivity index (χ2n) is 5.09. The highest BCUT2D eigenvalue weighted by Gasteiger charge is 2.46. The van der Waals surface area contributed by atoms with Crippen molar-refractivity contribution in [3.63, 3.8) is 0 Å². The summed E-state index contributed by atoms with van der Waals surface area (Å²) in [6.07, 6.45) is 0.647. The molecule has 0 radical (unpaired) electrons. The summed E-state index contributed by atoms with van der Waals surface area (Å²) in [5, 5.41) is 0. The smallest absolute Gasteiger partial charge is 0.150 e. The van der Waals surface area contributed by atoms with Crippen LogP contribution in [0.3, 0.4) is 0 Å². The number of hydrogen-bond acceptors (Lipinski definition) is 3. The number of Topliss-reactive ketones (excluding diaryl/α,β-unsaturated/α-hetero) is 2. The van der Waals surface area contributed by atoms with Gasteiger partial charge in [0.15, 0.2) is 0 Å². The van der Waals surface area contributed by atoms with E-state index in [0.717, 1.165) is 0 Å². The molecule has 0 heterocycles. The van der Waals surface area contributed by atoms with E-state index in [0.29, 0.717) is 6.42 Å². The van der Waals surface area contributed by atoms with E-state index >= 15 is 0 Å². The molecule has 2 N–H and O–H groups in total. The zero-order chi connectivity index (χ0) is 11.1. The van der Waals surface area contributed by atoms with Gasteiger partial charge >= 0.3 is 0 Å². The molecular formula is C11H19NO2. The number of carbonyl (C=O) groups excluding carboxylic acids is 2. The van der Waals surface area contributed by atoms with Crippen molar-refractivity contribution in [1.82, 2.24) is 0 Å². The lowest BCUT2D eigenvalue weighted by Gasteiger charge is -2.37. The summed E-state index contributed by atoms with van der Waals surface area (Å²) >= 11 is 0. The van der Waals surface area contributed by atoms with Gasteiger partial charge in [-0.1, -0.05) is 20.8 Å². The Bertz CT molecular complexity index is 268. The number of nitrogens with two attached hydrogens (primary N) is 1. The van der Waals surface area contributed by atoms with E-state index in [1.165, 1.54) is 0 Å². The molecular weight excluding hydrogens is 178 g/mol. The summed E-state index contributed by atoms with van der Waals surface area (Å²) in [6, 6.07) is -0.364. The Morgan fingerprint density at radius 3 is 2.36 bits per heavy atom. The quantitative estimate of drug-likeness (QED) is 0.641. The van der Waals surface area contributed by atoms with Crippen LogP contribution in [0.1, 0.15) is 34.1 Å². The Kier molecular flexibility index (Phi) is 2.81. The second-order valence-corrected chi connectivity index (χ2v) is 5.09. The fourth-order valence-corrected chi connectivity index (χ4v) is 2.32. The number of ketones is 2. The van der Waals surface area contributed by atoms with Crippen molar-refractivity contribution >= 4 is 11.6 Å². The third-order valence-electron chi connectivity index (χ3n) is 3.08. The first-order valence-corrected chi connectivity index (χ1v) is 5.11. The summed E-state index contributed by atoms with van der Waals surface area (Å²) in [7, 11) is 0. The molecule has 1 aliphatic carbocycles. The average Bonchev–Trinajstić information content (AvgIpc) is 2.00. The van der Waals surface area contributed by atoms with Crippen LogP contribution in [0.15, 0.2) is 0 Å². The summed E-state index contributed by atoms with van der Waals surface area (Å²) in [6.45, 7) is 7.40. The standard InChI is InChI=1S/C11H19NO2/c1-6-5-11(3,4)10(14)8(7(2)12)9(6)13/h6-8H,5,12H2,1-4H3. The van der Waals surface area contributed by atoms with Gasteiger partial charge in [0, 0.05) is 17.4 Å². The lowest BCUT2D eigenvalue weighted by Crippen LogP contribution is -2.51. The van der Waals surface area contributed by atoms with Gasteiger partial charge in [-0.2, -0.15) is 0 Å². The van der Waals surface area contributed by atoms with Crippen molar-refractivity contribution < 1.29 is 9.59 Å². The van der Waals surface area contributed by atoms with E-state index in [9.17, 15) is 9.59 Å². The van der Waals surface area contributed by atoms with Crippen LogP contribution in [0.2, 0.25) is 0 Å². The summed E-state index contributed by atoms with van der Waals surface area (Å²) in [5.41, 5.74) is 5.29. The molecule has 3 nitrogen and oxygen atoms in total. The summed E-state index contributed by atoms with van der Waals surface area (Å²) < 4.78 is 0. The lowest BCUT2D eigenvalue weighted by atomic mass is 9.64. The van der Waals surface area contributed by atoms with E-state index < -0.39 is 11.3 Å². The van der Waals surface area contributed by atoms with Crippen LogP contribution in [0, 0.1) is 17.3 Å². The minimum Gasteiger partial charge on any atom is -0.327 e. The Morgan fingerprint density at radius 2 is 1.93 bits per heavy atom. The predicted molar refractivity (Wildman–Crippen MR) is 54.7 cm³/mol. The number of hydrogen-bond donors (Lipinski definition) is 1. The molecule has 0 spiro atoms. The molecule has 0 aromatic carbocycles. The SMILES string of the molecule is CC1CC(C)(C)C(=O)C(C(C)N)C1=O. The topological polar surface area (TPSA) is 60.2 Å². The molecule has 80 valence electrons. The first kappa shape index (κ1) is 11.4. The fourth-order valence-electron chi connectivity index (χ4n) is 2.32. The van der Waals surface area contributed by atoms with Crippen molar-refractivity contribution in [3.05, 3.63) is 0 Å². The molecule has 1 aliphatic rings. The maximum absolute atomic E-state index is 11.9. The van der Waals surface area contributed by atoms with E-state index in [1.54, 1.807) is 6.92 Å². The largest absolute Gasteiger partial charge is 0.327 e. The first-order chi connectivity index (χ1) is 6.27. The highest BCUT2D eigenvalue weighted by atomic mass is 16.2. The Morgan fingerprint density at radius 1 is 1.43 bits per heavy atom. The number of rotatable bonds is 1. The molecule has 3 atom stereocenters. The minimum atomic E-state index is -0.589. The molecule has 1 fully saturated rings. The van der Waals surface area contributed by atoms with Gasteiger partial charge in [-0.15, -0.1) is 0 Å². The number of carbonyl (C=O) groups is 2. The maximum atomic E-state index is 11.9. The van der Waals surface area contributed by atoms with Crippen LogP contribution in [-0.2, 0) is 9.59 Å². The zero-order valence-corrected chi connectivity index (χ0v) is 9.33. The Labute approximate surface area is 85.0 Å². The molecule has 3 heteroatoms. The molecule has 1 rings (SSSR count). The fraction of sp³-hybridized carbons (Fsp3) is 0.818. The van der Waals surface area contributed by atoms with Gasteiger partial charge in [0.1, 0.15) is 11.6 Å². The molecule has 0 aromatic heterocycles. The van der Waals surface area contributed by atoms with Crippen LogP contribution in [0.4, 0.5) is 0 Å². The van der Waals surface area contributed by atoms with Crippen molar-refractivity contribution in [2.75, 3.05) is 0 Å². The molecule has 14 heavy (non-hydrogen) atoms. The third kappa shape index (κ3) is 1.73. The zero-order valence-electron chi connectivity index (χ0n) is 9.33. The maximum Gasteiger partial charge on any atom is 0.150 e. The average molecular weight is 197 g/mol. The van der Waals surface area contributed by atoms with Crippen molar-refractivity contribution in [3.8, 4) is 0 Å². The molecule has 0 bridgehead atoms. The van der Waals surface area contributed by atoms with Gasteiger partial charge in [0.05, 0.1) is 5.92 Å². The molecule has 1 saturated carbocycles. The Hall–Kier alpha value is -0.700. The third-order valence-corrected chi connectivity index (χ3v) is 3.08. The van der Waals surface area contributed by atoms with Gasteiger partial charge < -0.3 is 5.73 Å². The van der Waals surface area contributed by atoms with Gasteiger partial charge in [-0.3, -0.25) is 9.59 Å². The summed E-state index contributed by atoms with van der Waals surface area (Å²) in [5.74, 6) is -0.604. The lowest BCUT2D eigenvalue weighted by molar-refractivity contribution is -0.146. The van der Waals surface area contributed by atoms with E-state index in [2.05, 4.69) is 0 Å². The normalized spacial score (nSPS) is 34.4.